The third-order valence-corrected chi connectivity index (χ3v) is 1.07. The fourth-order valence-electron chi connectivity index (χ4n) is 0.620. The molecule has 0 atom stereocenters. The Kier molecular flexibility index (Phi) is 2.86. The van der Waals surface area contributed by atoms with Crippen LogP contribution in [-0.2, 0) is 0 Å². The Bertz CT molecular complexity index is 103. The molecule has 0 aromatic carbocycles. The summed E-state index contributed by atoms with van der Waals surface area (Å²) in [6.45, 7) is 2.84. The van der Waals surface area contributed by atoms with Crippen LogP contribution in [0.5, 0.6) is 0 Å². The molecule has 0 fully saturated rings. The first kappa shape index (κ1) is 6.29. The molecule has 50 valence electrons. The molecule has 1 aliphatic rings. The van der Waals surface area contributed by atoms with E-state index in [0.717, 1.165) is 19.6 Å². The van der Waals surface area contributed by atoms with Crippen molar-refractivity contribution in [3.05, 3.63) is 12.4 Å². The van der Waals surface area contributed by atoms with Gasteiger partial charge in [0.1, 0.15) is 0 Å². The molecule has 1 rings (SSSR count). The lowest BCUT2D eigenvalue weighted by molar-refractivity contribution is 0.723. The molecule has 0 unspecified atom stereocenters. The summed E-state index contributed by atoms with van der Waals surface area (Å²) < 4.78 is 0. The fraction of sp³-hybridized carbons (Fsp3) is 0.500. The first-order chi connectivity index (χ1) is 4.50. The van der Waals surface area contributed by atoms with Gasteiger partial charge in [-0.25, -0.2) is 0 Å². The first-order valence-electron chi connectivity index (χ1n) is 3.11. The number of hydrogen-bond acceptors (Lipinski definition) is 3. The molecule has 0 aliphatic carbocycles. The van der Waals surface area contributed by atoms with Gasteiger partial charge in [-0.2, -0.15) is 0 Å². The van der Waals surface area contributed by atoms with Crippen LogP contribution in [0.1, 0.15) is 0 Å². The van der Waals surface area contributed by atoms with Crippen LogP contribution in [0.15, 0.2) is 17.4 Å². The molecule has 3 nitrogen and oxygen atoms in total. The van der Waals surface area contributed by atoms with Crippen LogP contribution in [0.2, 0.25) is 0 Å². The van der Waals surface area contributed by atoms with Crippen LogP contribution >= 0.6 is 0 Å². The van der Waals surface area contributed by atoms with Gasteiger partial charge in [0.2, 0.25) is 0 Å². The Hall–Kier alpha value is -0.830. The highest BCUT2D eigenvalue weighted by atomic mass is 14.9. The predicted octanol–water partition coefficient (Wildman–Crippen LogP) is -0.279. The summed E-state index contributed by atoms with van der Waals surface area (Å²) in [7, 11) is 0. The number of aliphatic imine (C=N–C) groups is 1. The van der Waals surface area contributed by atoms with Gasteiger partial charge in [-0.3, -0.25) is 4.99 Å². The predicted molar refractivity (Wildman–Crippen MR) is 38.5 cm³/mol. The average molecular weight is 125 g/mol. The summed E-state index contributed by atoms with van der Waals surface area (Å²) in [5.74, 6) is 0. The van der Waals surface area contributed by atoms with E-state index in [0.29, 0.717) is 0 Å². The molecule has 0 bridgehead atoms. The van der Waals surface area contributed by atoms with E-state index in [1.54, 1.807) is 6.20 Å². The van der Waals surface area contributed by atoms with Crippen LogP contribution in [-0.4, -0.2) is 25.8 Å². The molecule has 0 aromatic heterocycles. The van der Waals surface area contributed by atoms with Crippen molar-refractivity contribution in [2.24, 2.45) is 4.99 Å². The van der Waals surface area contributed by atoms with E-state index in [1.165, 1.54) is 0 Å². The van der Waals surface area contributed by atoms with E-state index in [4.69, 9.17) is 0 Å². The second-order valence-corrected chi connectivity index (χ2v) is 1.81. The van der Waals surface area contributed by atoms with Crippen LogP contribution < -0.4 is 10.6 Å². The summed E-state index contributed by atoms with van der Waals surface area (Å²) in [6, 6.07) is 0. The molecule has 0 amide bonds. The average Bonchev–Trinajstić information content (AvgIpc) is 2.00. The minimum Gasteiger partial charge on any atom is -0.388 e. The lowest BCUT2D eigenvalue weighted by Gasteiger charge is -1.97. The Labute approximate surface area is 54.9 Å². The molecular weight excluding hydrogens is 114 g/mol. The van der Waals surface area contributed by atoms with Gasteiger partial charge in [-0.05, 0) is 0 Å². The van der Waals surface area contributed by atoms with Crippen LogP contribution in [0.4, 0.5) is 0 Å². The zero-order chi connectivity index (χ0) is 6.36. The van der Waals surface area contributed by atoms with E-state index in [-0.39, 0.29) is 0 Å². The number of nitrogens with zero attached hydrogens (tertiary/aromatic N) is 1. The maximum absolute atomic E-state index is 3.96. The summed E-state index contributed by atoms with van der Waals surface area (Å²) in [5, 5.41) is 6.25. The molecule has 9 heavy (non-hydrogen) atoms. The molecule has 1 heterocycles. The standard InChI is InChI=1S/C6H11N3/c1-2-8-5-6-9-4-3-7-1/h1-3,8-9H,4-6H2. The largest absolute Gasteiger partial charge is 0.388 e. The quantitative estimate of drug-likeness (QED) is 0.467. The van der Waals surface area contributed by atoms with Gasteiger partial charge in [0.25, 0.3) is 0 Å². The minimum atomic E-state index is 0.867. The lowest BCUT2D eigenvalue weighted by Crippen LogP contribution is -2.24. The Morgan fingerprint density at radius 2 is 2.33 bits per heavy atom. The van der Waals surface area contributed by atoms with Crippen LogP contribution in [0.25, 0.3) is 0 Å². The number of rotatable bonds is 0. The van der Waals surface area contributed by atoms with Crippen molar-refractivity contribution in [3.63, 3.8) is 0 Å². The lowest BCUT2D eigenvalue weighted by atomic mass is 10.6. The monoisotopic (exact) mass is 125 g/mol. The molecule has 0 saturated heterocycles. The molecule has 3 heteroatoms. The summed E-state index contributed by atoms with van der Waals surface area (Å²) in [4.78, 5) is 3.96. The highest BCUT2D eigenvalue weighted by molar-refractivity contribution is 5.60. The second-order valence-electron chi connectivity index (χ2n) is 1.81. The third-order valence-electron chi connectivity index (χ3n) is 1.07. The van der Waals surface area contributed by atoms with Gasteiger partial charge in [0.15, 0.2) is 0 Å². The van der Waals surface area contributed by atoms with Crippen molar-refractivity contribution in [2.45, 2.75) is 0 Å². The topological polar surface area (TPSA) is 36.4 Å². The number of nitrogens with one attached hydrogen (secondary N) is 2. The molecular formula is C6H11N3. The van der Waals surface area contributed by atoms with Crippen LogP contribution in [0, 0.1) is 0 Å². The summed E-state index contributed by atoms with van der Waals surface area (Å²) >= 11 is 0. The molecule has 0 aromatic rings. The molecule has 0 radical (unpaired) electrons. The summed E-state index contributed by atoms with van der Waals surface area (Å²) in [5.41, 5.74) is 0. The van der Waals surface area contributed by atoms with Crippen molar-refractivity contribution in [2.75, 3.05) is 19.6 Å². The normalized spacial score (nSPS) is 19.6. The van der Waals surface area contributed by atoms with Crippen molar-refractivity contribution in [1.82, 2.24) is 10.6 Å². The first-order valence-corrected chi connectivity index (χ1v) is 3.11. The van der Waals surface area contributed by atoms with Crippen molar-refractivity contribution in [3.8, 4) is 0 Å². The zero-order valence-electron chi connectivity index (χ0n) is 5.30. The summed E-state index contributed by atoms with van der Waals surface area (Å²) in [6.07, 6.45) is 5.46. The van der Waals surface area contributed by atoms with E-state index in [2.05, 4.69) is 15.6 Å². The Morgan fingerprint density at radius 3 is 3.33 bits per heavy atom. The van der Waals surface area contributed by atoms with E-state index < -0.39 is 0 Å². The van der Waals surface area contributed by atoms with E-state index in [9.17, 15) is 0 Å². The second kappa shape index (κ2) is 4.09. The maximum Gasteiger partial charge on any atom is 0.0421 e. The van der Waals surface area contributed by atoms with Gasteiger partial charge in [-0.15, -0.1) is 0 Å². The van der Waals surface area contributed by atoms with E-state index in [1.807, 2.05) is 12.4 Å². The smallest absolute Gasteiger partial charge is 0.0421 e. The van der Waals surface area contributed by atoms with Crippen molar-refractivity contribution >= 4 is 6.21 Å². The zero-order valence-corrected chi connectivity index (χ0v) is 5.30. The highest BCUT2D eigenvalue weighted by Gasteiger charge is 1.82. The van der Waals surface area contributed by atoms with Crippen molar-refractivity contribution < 1.29 is 0 Å². The van der Waals surface area contributed by atoms with Gasteiger partial charge in [0, 0.05) is 38.2 Å². The van der Waals surface area contributed by atoms with E-state index >= 15 is 0 Å². The fourth-order valence-corrected chi connectivity index (χ4v) is 0.620. The van der Waals surface area contributed by atoms with Crippen molar-refractivity contribution in [1.29, 1.82) is 0 Å². The molecule has 1 aliphatic heterocycles. The maximum atomic E-state index is 3.96. The van der Waals surface area contributed by atoms with Gasteiger partial charge < -0.3 is 10.6 Å². The minimum absolute atomic E-state index is 0.867. The highest BCUT2D eigenvalue weighted by Crippen LogP contribution is 1.71. The molecule has 0 saturated carbocycles. The molecule has 0 spiro atoms. The SMILES string of the molecule is C1=CNCCNCC=N1. The Morgan fingerprint density at radius 1 is 1.33 bits per heavy atom. The third kappa shape index (κ3) is 2.87. The van der Waals surface area contributed by atoms with Crippen LogP contribution in [0.3, 0.4) is 0 Å². The van der Waals surface area contributed by atoms with Gasteiger partial charge >= 0.3 is 0 Å². The van der Waals surface area contributed by atoms with Gasteiger partial charge in [-0.1, -0.05) is 0 Å². The number of hydrogen-bond donors (Lipinski definition) is 2. The van der Waals surface area contributed by atoms with Gasteiger partial charge in [0.05, 0.1) is 0 Å². The Balaban J connectivity index is 2.28. The molecule has 2 N–H and O–H groups in total.